The van der Waals surface area contributed by atoms with Crippen LogP contribution in [0.3, 0.4) is 0 Å². The van der Waals surface area contributed by atoms with Gasteiger partial charge in [0.25, 0.3) is 0 Å². The number of benzene rings is 2. The van der Waals surface area contributed by atoms with Crippen LogP contribution in [0.4, 0.5) is 5.69 Å². The minimum absolute atomic E-state index is 0.139. The maximum Gasteiger partial charge on any atom is 0.310 e. The number of hydrogen-bond donors (Lipinski definition) is 0. The Bertz CT molecular complexity index is 1190. The first-order valence-electron chi connectivity index (χ1n) is 11.8. The van der Waals surface area contributed by atoms with Gasteiger partial charge in [0.1, 0.15) is 11.5 Å². The molecule has 2 heterocycles. The molecular weight excluding hydrogens is 428 g/mol. The Labute approximate surface area is 200 Å². The van der Waals surface area contributed by atoms with Crippen molar-refractivity contribution in [1.29, 1.82) is 0 Å². The zero-order chi connectivity index (χ0) is 24.1. The van der Waals surface area contributed by atoms with Crippen molar-refractivity contribution in [2.24, 2.45) is 0 Å². The Kier molecular flexibility index (Phi) is 7.26. The van der Waals surface area contributed by atoms with Crippen LogP contribution in [-0.2, 0) is 46.6 Å². The molecule has 0 fully saturated rings. The van der Waals surface area contributed by atoms with Gasteiger partial charge in [0.2, 0.25) is 5.91 Å². The van der Waals surface area contributed by atoms with Crippen LogP contribution in [0, 0.1) is 0 Å². The molecule has 0 radical (unpaired) electrons. The molecule has 2 aromatic carbocycles. The quantitative estimate of drug-likeness (QED) is 0.434. The Morgan fingerprint density at radius 2 is 1.79 bits per heavy atom. The molecule has 34 heavy (non-hydrogen) atoms. The fourth-order valence-corrected chi connectivity index (χ4v) is 4.28. The molecule has 0 spiro atoms. The molecule has 0 saturated carbocycles. The Balaban J connectivity index is 1.53. The minimum atomic E-state index is -0.314. The maximum absolute atomic E-state index is 12.9. The Morgan fingerprint density at radius 1 is 1.03 bits per heavy atom. The Morgan fingerprint density at radius 3 is 2.50 bits per heavy atom. The SMILES string of the molecule is CCc1cc2c(c(CC)n1)CCC(=O)N2Cc1ccc(Oc2ccccc2CC(=O)OC)cc1. The van der Waals surface area contributed by atoms with Gasteiger partial charge in [0.05, 0.1) is 25.8 Å². The number of hydrogen-bond acceptors (Lipinski definition) is 5. The third-order valence-corrected chi connectivity index (χ3v) is 6.14. The van der Waals surface area contributed by atoms with E-state index < -0.39 is 0 Å². The Hall–Kier alpha value is -3.67. The van der Waals surface area contributed by atoms with E-state index in [1.54, 1.807) is 0 Å². The average Bonchev–Trinajstić information content (AvgIpc) is 2.87. The van der Waals surface area contributed by atoms with Crippen LogP contribution in [0.25, 0.3) is 0 Å². The van der Waals surface area contributed by atoms with E-state index in [1.807, 2.05) is 53.4 Å². The van der Waals surface area contributed by atoms with Gasteiger partial charge in [-0.05, 0) is 54.7 Å². The van der Waals surface area contributed by atoms with Gasteiger partial charge in [-0.15, -0.1) is 0 Å². The molecule has 1 aliphatic rings. The fraction of sp³-hybridized carbons (Fsp3) is 0.321. The molecule has 4 rings (SSSR count). The summed E-state index contributed by atoms with van der Waals surface area (Å²) >= 11 is 0. The maximum atomic E-state index is 12.9. The van der Waals surface area contributed by atoms with Gasteiger partial charge >= 0.3 is 5.97 Å². The molecule has 3 aromatic rings. The number of ether oxygens (including phenoxy) is 2. The first-order chi connectivity index (χ1) is 16.5. The van der Waals surface area contributed by atoms with Crippen LogP contribution in [0.15, 0.2) is 54.6 Å². The number of amides is 1. The zero-order valence-electron chi connectivity index (χ0n) is 20.0. The van der Waals surface area contributed by atoms with Crippen LogP contribution < -0.4 is 9.64 Å². The molecule has 0 unspecified atom stereocenters. The second kappa shape index (κ2) is 10.5. The van der Waals surface area contributed by atoms with Crippen molar-refractivity contribution in [3.8, 4) is 11.5 Å². The van der Waals surface area contributed by atoms with Crippen LogP contribution in [-0.4, -0.2) is 24.0 Å². The van der Waals surface area contributed by atoms with E-state index in [4.69, 9.17) is 14.5 Å². The van der Waals surface area contributed by atoms with E-state index >= 15 is 0 Å². The summed E-state index contributed by atoms with van der Waals surface area (Å²) in [7, 11) is 1.37. The zero-order valence-corrected chi connectivity index (χ0v) is 20.0. The largest absolute Gasteiger partial charge is 0.469 e. The van der Waals surface area contributed by atoms with Crippen molar-refractivity contribution in [3.63, 3.8) is 0 Å². The average molecular weight is 459 g/mol. The van der Waals surface area contributed by atoms with E-state index in [2.05, 4.69) is 19.9 Å². The van der Waals surface area contributed by atoms with Crippen molar-refractivity contribution in [3.05, 3.63) is 82.7 Å². The molecule has 6 nitrogen and oxygen atoms in total. The van der Waals surface area contributed by atoms with Gasteiger partial charge in [-0.2, -0.15) is 0 Å². The topological polar surface area (TPSA) is 68.7 Å². The summed E-state index contributed by atoms with van der Waals surface area (Å²) in [5.74, 6) is 1.11. The predicted octanol–water partition coefficient (Wildman–Crippen LogP) is 5.19. The number of pyridine rings is 1. The van der Waals surface area contributed by atoms with Crippen molar-refractivity contribution < 1.29 is 19.1 Å². The molecule has 176 valence electrons. The summed E-state index contributed by atoms with van der Waals surface area (Å²) in [6, 6.07) is 17.2. The normalized spacial score (nSPS) is 12.9. The molecular formula is C28H30N2O4. The number of carbonyl (C=O) groups excluding carboxylic acids is 2. The number of fused-ring (bicyclic) bond motifs is 1. The molecule has 1 aliphatic heterocycles. The van der Waals surface area contributed by atoms with Crippen molar-refractivity contribution >= 4 is 17.6 Å². The number of nitrogens with zero attached hydrogens (tertiary/aromatic N) is 2. The number of rotatable bonds is 8. The van der Waals surface area contributed by atoms with Gasteiger partial charge in [0.15, 0.2) is 0 Å². The number of anilines is 1. The number of methoxy groups -OCH3 is 1. The summed E-state index contributed by atoms with van der Waals surface area (Å²) in [5.41, 5.74) is 6.09. The molecule has 0 saturated heterocycles. The first-order valence-corrected chi connectivity index (χ1v) is 11.8. The summed E-state index contributed by atoms with van der Waals surface area (Å²) in [4.78, 5) is 31.2. The fourth-order valence-electron chi connectivity index (χ4n) is 4.28. The van der Waals surface area contributed by atoms with E-state index in [0.29, 0.717) is 24.5 Å². The standard InChI is InChI=1S/C28H30N2O4/c1-4-21-17-25-23(24(5-2)29-21)14-15-27(31)30(25)18-19-10-12-22(13-11-19)34-26-9-7-6-8-20(26)16-28(32)33-3/h6-13,17H,4-5,14-16,18H2,1-3H3. The summed E-state index contributed by atoms with van der Waals surface area (Å²) < 4.78 is 10.8. The lowest BCUT2D eigenvalue weighted by Crippen LogP contribution is -2.35. The molecule has 1 amide bonds. The lowest BCUT2D eigenvalue weighted by atomic mass is 9.96. The third kappa shape index (κ3) is 5.11. The highest BCUT2D eigenvalue weighted by molar-refractivity contribution is 5.96. The summed E-state index contributed by atoms with van der Waals surface area (Å²) in [6.07, 6.45) is 3.11. The number of carbonyl (C=O) groups is 2. The third-order valence-electron chi connectivity index (χ3n) is 6.14. The highest BCUT2D eigenvalue weighted by Crippen LogP contribution is 2.33. The van der Waals surface area contributed by atoms with Crippen molar-refractivity contribution in [1.82, 2.24) is 4.98 Å². The minimum Gasteiger partial charge on any atom is -0.469 e. The monoisotopic (exact) mass is 458 g/mol. The van der Waals surface area contributed by atoms with Gasteiger partial charge in [-0.3, -0.25) is 14.6 Å². The van der Waals surface area contributed by atoms with E-state index in [9.17, 15) is 9.59 Å². The molecule has 0 atom stereocenters. The first kappa shape index (κ1) is 23.5. The molecule has 6 heteroatoms. The van der Waals surface area contributed by atoms with Gasteiger partial charge in [-0.1, -0.05) is 44.2 Å². The number of aromatic nitrogens is 1. The molecule has 1 aromatic heterocycles. The van der Waals surface area contributed by atoms with E-state index in [1.165, 1.54) is 12.7 Å². The second-order valence-electron chi connectivity index (χ2n) is 8.35. The van der Waals surface area contributed by atoms with Gasteiger partial charge in [-0.25, -0.2) is 0 Å². The highest BCUT2D eigenvalue weighted by atomic mass is 16.5. The summed E-state index contributed by atoms with van der Waals surface area (Å²) in [5, 5.41) is 0. The van der Waals surface area contributed by atoms with Crippen LogP contribution in [0.5, 0.6) is 11.5 Å². The summed E-state index contributed by atoms with van der Waals surface area (Å²) in [6.45, 7) is 4.71. The molecule has 0 N–H and O–H groups in total. The van der Waals surface area contributed by atoms with Crippen LogP contribution >= 0.6 is 0 Å². The van der Waals surface area contributed by atoms with Crippen molar-refractivity contribution in [2.75, 3.05) is 12.0 Å². The van der Waals surface area contributed by atoms with E-state index in [-0.39, 0.29) is 18.3 Å². The lowest BCUT2D eigenvalue weighted by Gasteiger charge is -2.31. The second-order valence-corrected chi connectivity index (χ2v) is 8.35. The highest BCUT2D eigenvalue weighted by Gasteiger charge is 2.27. The van der Waals surface area contributed by atoms with Crippen LogP contribution in [0.2, 0.25) is 0 Å². The predicted molar refractivity (Wildman–Crippen MR) is 131 cm³/mol. The molecule has 0 bridgehead atoms. The van der Waals surface area contributed by atoms with E-state index in [0.717, 1.165) is 47.5 Å². The lowest BCUT2D eigenvalue weighted by molar-refractivity contribution is -0.139. The molecule has 0 aliphatic carbocycles. The van der Waals surface area contributed by atoms with Crippen LogP contribution in [0.1, 0.15) is 48.3 Å². The smallest absolute Gasteiger partial charge is 0.310 e. The van der Waals surface area contributed by atoms with Gasteiger partial charge < -0.3 is 14.4 Å². The number of esters is 1. The number of aryl methyl sites for hydroxylation is 2. The van der Waals surface area contributed by atoms with Gasteiger partial charge in [0, 0.05) is 23.4 Å². The number of para-hydroxylation sites is 1. The van der Waals surface area contributed by atoms with Crippen molar-refractivity contribution in [2.45, 2.75) is 52.5 Å².